The molecule has 3 rings (SSSR count). The molecule has 0 unspecified atom stereocenters. The van der Waals surface area contributed by atoms with Crippen molar-refractivity contribution >= 4 is 35.0 Å². The molecule has 2 N–H and O–H groups in total. The lowest BCUT2D eigenvalue weighted by atomic mass is 10.1. The van der Waals surface area contributed by atoms with Gasteiger partial charge in [-0.2, -0.15) is 4.98 Å². The van der Waals surface area contributed by atoms with Crippen molar-refractivity contribution in [1.29, 1.82) is 0 Å². The summed E-state index contributed by atoms with van der Waals surface area (Å²) < 4.78 is 0. The molecule has 6 heteroatoms. The fourth-order valence-electron chi connectivity index (χ4n) is 2.36. The molecular weight excluding hydrogens is 355 g/mol. The minimum Gasteiger partial charge on any atom is -0.366 e. The minimum absolute atomic E-state index is 0.566. The Hall–Kier alpha value is -2.30. The van der Waals surface area contributed by atoms with Crippen LogP contribution in [0.2, 0.25) is 10.0 Å². The Morgan fingerprint density at radius 3 is 2.56 bits per heavy atom. The van der Waals surface area contributed by atoms with Crippen LogP contribution in [0.15, 0.2) is 60.8 Å². The number of aromatic nitrogens is 2. The molecule has 1 aromatic heterocycles. The topological polar surface area (TPSA) is 49.8 Å². The summed E-state index contributed by atoms with van der Waals surface area (Å²) >= 11 is 12.1. The predicted octanol–water partition coefficient (Wildman–Crippen LogP) is 5.05. The number of benzene rings is 2. The second-order valence-corrected chi connectivity index (χ2v) is 6.36. The van der Waals surface area contributed by atoms with Crippen molar-refractivity contribution in [3.8, 4) is 0 Å². The van der Waals surface area contributed by atoms with Crippen molar-refractivity contribution in [2.24, 2.45) is 0 Å². The van der Waals surface area contributed by atoms with Crippen LogP contribution in [-0.2, 0) is 13.0 Å². The fraction of sp³-hybridized carbons (Fsp3) is 0.158. The van der Waals surface area contributed by atoms with E-state index in [1.165, 1.54) is 5.56 Å². The van der Waals surface area contributed by atoms with Gasteiger partial charge in [0.05, 0.1) is 0 Å². The van der Waals surface area contributed by atoms with Crippen LogP contribution in [0.4, 0.5) is 11.8 Å². The Balaban J connectivity index is 1.54. The van der Waals surface area contributed by atoms with Crippen LogP contribution >= 0.6 is 23.2 Å². The number of anilines is 2. The maximum absolute atomic E-state index is 6.18. The Morgan fingerprint density at radius 1 is 0.920 bits per heavy atom. The molecule has 0 radical (unpaired) electrons. The lowest BCUT2D eigenvalue weighted by molar-refractivity contribution is 0.980. The first-order chi connectivity index (χ1) is 12.2. The van der Waals surface area contributed by atoms with Gasteiger partial charge in [-0.3, -0.25) is 0 Å². The first-order valence-corrected chi connectivity index (χ1v) is 8.75. The second-order valence-electron chi connectivity index (χ2n) is 5.52. The van der Waals surface area contributed by atoms with Crippen LogP contribution in [0.5, 0.6) is 0 Å². The molecule has 0 aliphatic rings. The van der Waals surface area contributed by atoms with Crippen molar-refractivity contribution in [2.75, 3.05) is 17.2 Å². The van der Waals surface area contributed by atoms with E-state index in [2.05, 4.69) is 32.7 Å². The zero-order chi connectivity index (χ0) is 17.5. The molecule has 0 saturated carbocycles. The van der Waals surface area contributed by atoms with E-state index in [9.17, 15) is 0 Å². The molecule has 0 aliphatic carbocycles. The van der Waals surface area contributed by atoms with Crippen LogP contribution in [0.25, 0.3) is 0 Å². The molecule has 0 atom stereocenters. The largest absolute Gasteiger partial charge is 0.366 e. The van der Waals surface area contributed by atoms with Gasteiger partial charge >= 0.3 is 0 Å². The van der Waals surface area contributed by atoms with E-state index in [0.29, 0.717) is 22.5 Å². The SMILES string of the molecule is Clc1ccc(CNc2ccnc(NCCc3ccccc3)n2)c(Cl)c1. The average Bonchev–Trinajstić information content (AvgIpc) is 2.62. The zero-order valence-corrected chi connectivity index (χ0v) is 15.1. The van der Waals surface area contributed by atoms with Crippen molar-refractivity contribution in [2.45, 2.75) is 13.0 Å². The number of halogens is 2. The van der Waals surface area contributed by atoms with Crippen LogP contribution in [0.1, 0.15) is 11.1 Å². The van der Waals surface area contributed by atoms with Crippen LogP contribution < -0.4 is 10.6 Å². The van der Waals surface area contributed by atoms with Gasteiger partial charge in [0.2, 0.25) is 5.95 Å². The summed E-state index contributed by atoms with van der Waals surface area (Å²) in [6, 6.07) is 17.6. The van der Waals surface area contributed by atoms with Crippen LogP contribution in [-0.4, -0.2) is 16.5 Å². The standard InChI is InChI=1S/C19H18Cl2N4/c20-16-7-6-15(17(21)12-16)13-24-18-9-11-23-19(25-18)22-10-8-14-4-2-1-3-5-14/h1-7,9,11-12H,8,10,13H2,(H2,22,23,24,25). The molecule has 1 heterocycles. The van der Waals surface area contributed by atoms with E-state index in [4.69, 9.17) is 23.2 Å². The van der Waals surface area contributed by atoms with E-state index in [1.807, 2.05) is 36.4 Å². The van der Waals surface area contributed by atoms with Crippen molar-refractivity contribution in [3.05, 3.63) is 82.0 Å². The van der Waals surface area contributed by atoms with Gasteiger partial charge in [-0.1, -0.05) is 59.6 Å². The van der Waals surface area contributed by atoms with Gasteiger partial charge in [0.1, 0.15) is 5.82 Å². The van der Waals surface area contributed by atoms with E-state index in [1.54, 1.807) is 12.3 Å². The number of rotatable bonds is 7. The quantitative estimate of drug-likeness (QED) is 0.609. The van der Waals surface area contributed by atoms with E-state index in [-0.39, 0.29) is 0 Å². The van der Waals surface area contributed by atoms with Crippen LogP contribution in [0, 0.1) is 0 Å². The Bertz CT molecular complexity index is 825. The summed E-state index contributed by atoms with van der Waals surface area (Å²) in [6.07, 6.45) is 2.64. The number of nitrogens with one attached hydrogen (secondary N) is 2. The molecule has 0 bridgehead atoms. The summed E-state index contributed by atoms with van der Waals surface area (Å²) in [5.74, 6) is 1.34. The highest BCUT2D eigenvalue weighted by Crippen LogP contribution is 2.21. The highest BCUT2D eigenvalue weighted by atomic mass is 35.5. The first-order valence-electron chi connectivity index (χ1n) is 7.99. The maximum Gasteiger partial charge on any atom is 0.224 e. The molecule has 0 spiro atoms. The average molecular weight is 373 g/mol. The number of hydrogen-bond acceptors (Lipinski definition) is 4. The Morgan fingerprint density at radius 2 is 1.76 bits per heavy atom. The van der Waals surface area contributed by atoms with Crippen molar-refractivity contribution < 1.29 is 0 Å². The van der Waals surface area contributed by atoms with Crippen molar-refractivity contribution in [3.63, 3.8) is 0 Å². The van der Waals surface area contributed by atoms with Gasteiger partial charge in [-0.05, 0) is 35.7 Å². The molecule has 2 aromatic carbocycles. The Labute approximate surface area is 157 Å². The van der Waals surface area contributed by atoms with Gasteiger partial charge < -0.3 is 10.6 Å². The predicted molar refractivity (Wildman–Crippen MR) is 104 cm³/mol. The lowest BCUT2D eigenvalue weighted by Gasteiger charge is -2.09. The monoisotopic (exact) mass is 372 g/mol. The van der Waals surface area contributed by atoms with Gasteiger partial charge in [0, 0.05) is 29.3 Å². The maximum atomic E-state index is 6.18. The minimum atomic E-state index is 0.566. The second kappa shape index (κ2) is 8.70. The third-order valence-corrected chi connectivity index (χ3v) is 4.26. The summed E-state index contributed by atoms with van der Waals surface area (Å²) in [7, 11) is 0. The van der Waals surface area contributed by atoms with Gasteiger partial charge in [0.15, 0.2) is 0 Å². The third kappa shape index (κ3) is 5.34. The van der Waals surface area contributed by atoms with Crippen LogP contribution in [0.3, 0.4) is 0 Å². The summed E-state index contributed by atoms with van der Waals surface area (Å²) in [5, 5.41) is 7.76. The highest BCUT2D eigenvalue weighted by Gasteiger charge is 2.03. The lowest BCUT2D eigenvalue weighted by Crippen LogP contribution is -2.09. The van der Waals surface area contributed by atoms with Gasteiger partial charge in [0.25, 0.3) is 0 Å². The fourth-order valence-corrected chi connectivity index (χ4v) is 2.83. The molecule has 0 aliphatic heterocycles. The smallest absolute Gasteiger partial charge is 0.224 e. The van der Waals surface area contributed by atoms with Crippen molar-refractivity contribution in [1.82, 2.24) is 9.97 Å². The molecule has 4 nitrogen and oxygen atoms in total. The van der Waals surface area contributed by atoms with E-state index < -0.39 is 0 Å². The number of nitrogens with zero attached hydrogens (tertiary/aromatic N) is 2. The first kappa shape index (κ1) is 17.5. The summed E-state index contributed by atoms with van der Waals surface area (Å²) in [5.41, 5.74) is 2.24. The highest BCUT2D eigenvalue weighted by molar-refractivity contribution is 6.35. The van der Waals surface area contributed by atoms with E-state index >= 15 is 0 Å². The van der Waals surface area contributed by atoms with E-state index in [0.717, 1.165) is 24.3 Å². The molecule has 128 valence electrons. The molecule has 0 amide bonds. The van der Waals surface area contributed by atoms with Gasteiger partial charge in [-0.25, -0.2) is 4.98 Å². The molecule has 3 aromatic rings. The molecule has 0 fully saturated rings. The molecular formula is C19H18Cl2N4. The number of hydrogen-bond donors (Lipinski definition) is 2. The molecule has 0 saturated heterocycles. The zero-order valence-electron chi connectivity index (χ0n) is 13.5. The summed E-state index contributed by atoms with van der Waals surface area (Å²) in [6.45, 7) is 1.34. The summed E-state index contributed by atoms with van der Waals surface area (Å²) in [4.78, 5) is 8.71. The third-order valence-electron chi connectivity index (χ3n) is 3.67. The Kier molecular flexibility index (Phi) is 6.09. The van der Waals surface area contributed by atoms with Gasteiger partial charge in [-0.15, -0.1) is 0 Å². The molecule has 25 heavy (non-hydrogen) atoms. The normalized spacial score (nSPS) is 10.5.